The van der Waals surface area contributed by atoms with Gasteiger partial charge in [-0.3, -0.25) is 4.79 Å². The minimum Gasteiger partial charge on any atom is -0.348 e. The summed E-state index contributed by atoms with van der Waals surface area (Å²) < 4.78 is 0. The number of thiazole rings is 1. The van der Waals surface area contributed by atoms with Gasteiger partial charge in [0.2, 0.25) is 0 Å². The first-order valence-corrected chi connectivity index (χ1v) is 8.41. The summed E-state index contributed by atoms with van der Waals surface area (Å²) in [5, 5.41) is 6.11. The average Bonchev–Trinajstić information content (AvgIpc) is 3.06. The molecule has 1 heterocycles. The SMILES string of the molecule is CN(C)Cc1nc(C(=O)NC2CCC3CCCC32)cs1. The third kappa shape index (κ3) is 2.88. The maximum absolute atomic E-state index is 12.3. The molecule has 3 rings (SSSR count). The number of fused-ring (bicyclic) bond motifs is 1. The van der Waals surface area contributed by atoms with Crippen LogP contribution in [0, 0.1) is 11.8 Å². The van der Waals surface area contributed by atoms with Crippen molar-refractivity contribution < 1.29 is 4.79 Å². The van der Waals surface area contributed by atoms with Gasteiger partial charge < -0.3 is 10.2 Å². The highest BCUT2D eigenvalue weighted by atomic mass is 32.1. The number of carbonyl (C=O) groups is 1. The second kappa shape index (κ2) is 5.82. The van der Waals surface area contributed by atoms with Crippen LogP contribution in [-0.4, -0.2) is 35.9 Å². The number of hydrogen-bond acceptors (Lipinski definition) is 4. The molecule has 4 nitrogen and oxygen atoms in total. The molecule has 1 amide bonds. The molecule has 0 aromatic carbocycles. The Labute approximate surface area is 124 Å². The van der Waals surface area contributed by atoms with Crippen LogP contribution in [0.4, 0.5) is 0 Å². The number of amides is 1. The first-order valence-electron chi connectivity index (χ1n) is 7.53. The van der Waals surface area contributed by atoms with E-state index >= 15 is 0 Å². The summed E-state index contributed by atoms with van der Waals surface area (Å²) in [6.07, 6.45) is 6.43. The van der Waals surface area contributed by atoms with Crippen LogP contribution in [0.25, 0.3) is 0 Å². The molecule has 1 aromatic heterocycles. The summed E-state index contributed by atoms with van der Waals surface area (Å²) in [6.45, 7) is 0.798. The van der Waals surface area contributed by atoms with E-state index in [1.807, 2.05) is 19.5 Å². The first-order chi connectivity index (χ1) is 9.63. The quantitative estimate of drug-likeness (QED) is 0.928. The molecule has 2 aliphatic carbocycles. The topological polar surface area (TPSA) is 45.2 Å². The molecule has 0 saturated heterocycles. The molecule has 3 unspecified atom stereocenters. The average molecular weight is 293 g/mol. The van der Waals surface area contributed by atoms with Crippen molar-refractivity contribution in [3.8, 4) is 0 Å². The summed E-state index contributed by atoms with van der Waals surface area (Å²) in [5.41, 5.74) is 0.591. The van der Waals surface area contributed by atoms with E-state index in [9.17, 15) is 4.79 Å². The molecule has 20 heavy (non-hydrogen) atoms. The molecule has 0 bridgehead atoms. The molecule has 0 radical (unpaired) electrons. The van der Waals surface area contributed by atoms with Gasteiger partial charge in [0.05, 0.1) is 0 Å². The first kappa shape index (κ1) is 14.0. The van der Waals surface area contributed by atoms with E-state index in [1.54, 1.807) is 11.3 Å². The van der Waals surface area contributed by atoms with Crippen LogP contribution in [0.3, 0.4) is 0 Å². The van der Waals surface area contributed by atoms with E-state index < -0.39 is 0 Å². The molecule has 2 fully saturated rings. The summed E-state index contributed by atoms with van der Waals surface area (Å²) in [7, 11) is 4.03. The van der Waals surface area contributed by atoms with E-state index in [4.69, 9.17) is 0 Å². The maximum atomic E-state index is 12.3. The number of carbonyl (C=O) groups excluding carboxylic acids is 1. The van der Waals surface area contributed by atoms with Crippen molar-refractivity contribution in [1.29, 1.82) is 0 Å². The van der Waals surface area contributed by atoms with E-state index in [0.29, 0.717) is 11.7 Å². The summed E-state index contributed by atoms with van der Waals surface area (Å²) in [4.78, 5) is 18.8. The molecule has 2 aliphatic rings. The van der Waals surface area contributed by atoms with Crippen molar-refractivity contribution in [1.82, 2.24) is 15.2 Å². The Morgan fingerprint density at radius 2 is 2.25 bits per heavy atom. The predicted molar refractivity (Wildman–Crippen MR) is 80.8 cm³/mol. The van der Waals surface area contributed by atoms with Crippen LogP contribution in [0.2, 0.25) is 0 Å². The van der Waals surface area contributed by atoms with Crippen LogP contribution < -0.4 is 5.32 Å². The zero-order valence-corrected chi connectivity index (χ0v) is 13.1. The molecule has 110 valence electrons. The van der Waals surface area contributed by atoms with Crippen LogP contribution in [0.15, 0.2) is 5.38 Å². The molecule has 1 N–H and O–H groups in total. The molecular weight excluding hydrogens is 270 g/mol. The Morgan fingerprint density at radius 1 is 1.40 bits per heavy atom. The highest BCUT2D eigenvalue weighted by molar-refractivity contribution is 7.09. The van der Waals surface area contributed by atoms with E-state index in [0.717, 1.165) is 29.8 Å². The van der Waals surface area contributed by atoms with Gasteiger partial charge in [0.15, 0.2) is 0 Å². The Hall–Kier alpha value is -0.940. The number of aromatic nitrogens is 1. The van der Waals surface area contributed by atoms with Crippen LogP contribution >= 0.6 is 11.3 Å². The fourth-order valence-electron chi connectivity index (χ4n) is 3.74. The summed E-state index contributed by atoms with van der Waals surface area (Å²) in [5.74, 6) is 1.60. The van der Waals surface area contributed by atoms with Crippen LogP contribution in [0.1, 0.15) is 47.6 Å². The third-order valence-electron chi connectivity index (χ3n) is 4.64. The lowest BCUT2D eigenvalue weighted by Gasteiger charge is -2.19. The molecule has 3 atom stereocenters. The van der Waals surface area contributed by atoms with Gasteiger partial charge in [-0.05, 0) is 45.2 Å². The van der Waals surface area contributed by atoms with E-state index in [-0.39, 0.29) is 5.91 Å². The third-order valence-corrected chi connectivity index (χ3v) is 5.47. The molecular formula is C15H23N3OS. The number of hydrogen-bond donors (Lipinski definition) is 1. The minimum atomic E-state index is 0.0174. The Bertz CT molecular complexity index is 485. The highest BCUT2D eigenvalue weighted by Crippen LogP contribution is 2.44. The van der Waals surface area contributed by atoms with E-state index in [1.165, 1.54) is 25.7 Å². The largest absolute Gasteiger partial charge is 0.348 e. The lowest BCUT2D eigenvalue weighted by atomic mass is 9.97. The van der Waals surface area contributed by atoms with Crippen LogP contribution in [0.5, 0.6) is 0 Å². The van der Waals surface area contributed by atoms with Gasteiger partial charge in [0.25, 0.3) is 5.91 Å². The molecule has 0 aliphatic heterocycles. The van der Waals surface area contributed by atoms with Gasteiger partial charge in [-0.25, -0.2) is 4.98 Å². The fourth-order valence-corrected chi connectivity index (χ4v) is 4.63. The Morgan fingerprint density at radius 3 is 3.05 bits per heavy atom. The lowest BCUT2D eigenvalue weighted by Crippen LogP contribution is -2.37. The van der Waals surface area contributed by atoms with Crippen molar-refractivity contribution in [3.05, 3.63) is 16.1 Å². The van der Waals surface area contributed by atoms with E-state index in [2.05, 4.69) is 15.2 Å². The smallest absolute Gasteiger partial charge is 0.270 e. The second-order valence-electron chi connectivity index (χ2n) is 6.38. The predicted octanol–water partition coefficient (Wildman–Crippen LogP) is 2.51. The molecule has 2 saturated carbocycles. The highest BCUT2D eigenvalue weighted by Gasteiger charge is 2.39. The van der Waals surface area contributed by atoms with Crippen LogP contribution in [-0.2, 0) is 6.54 Å². The number of nitrogens with one attached hydrogen (secondary N) is 1. The standard InChI is InChI=1S/C15H23N3OS/c1-18(2)8-14-16-13(9-20-14)15(19)17-12-7-6-10-4-3-5-11(10)12/h9-12H,3-8H2,1-2H3,(H,17,19). The number of rotatable bonds is 4. The zero-order valence-electron chi connectivity index (χ0n) is 12.3. The normalized spacial score (nSPS) is 28.9. The van der Waals surface area contributed by atoms with Gasteiger partial charge >= 0.3 is 0 Å². The molecule has 5 heteroatoms. The van der Waals surface area contributed by atoms with Crippen molar-refractivity contribution in [2.45, 2.75) is 44.7 Å². The number of nitrogens with zero attached hydrogens (tertiary/aromatic N) is 2. The summed E-state index contributed by atoms with van der Waals surface area (Å²) >= 11 is 1.57. The summed E-state index contributed by atoms with van der Waals surface area (Å²) in [6, 6.07) is 0.383. The minimum absolute atomic E-state index is 0.0174. The van der Waals surface area contributed by atoms with Crippen molar-refractivity contribution in [2.24, 2.45) is 11.8 Å². The van der Waals surface area contributed by atoms with Gasteiger partial charge in [-0.1, -0.05) is 12.8 Å². The maximum Gasteiger partial charge on any atom is 0.270 e. The Kier molecular flexibility index (Phi) is 4.08. The van der Waals surface area contributed by atoms with Crippen molar-refractivity contribution >= 4 is 17.2 Å². The van der Waals surface area contributed by atoms with Crippen molar-refractivity contribution in [3.63, 3.8) is 0 Å². The van der Waals surface area contributed by atoms with Gasteiger partial charge in [0, 0.05) is 18.0 Å². The van der Waals surface area contributed by atoms with Crippen molar-refractivity contribution in [2.75, 3.05) is 14.1 Å². The lowest BCUT2D eigenvalue weighted by molar-refractivity contribution is 0.0921. The zero-order chi connectivity index (χ0) is 14.1. The monoisotopic (exact) mass is 293 g/mol. The Balaban J connectivity index is 1.60. The fraction of sp³-hybridized carbons (Fsp3) is 0.733. The molecule has 1 aromatic rings. The second-order valence-corrected chi connectivity index (χ2v) is 7.32. The van der Waals surface area contributed by atoms with Gasteiger partial charge in [0.1, 0.15) is 10.7 Å². The van der Waals surface area contributed by atoms with Gasteiger partial charge in [-0.2, -0.15) is 0 Å². The molecule has 0 spiro atoms. The van der Waals surface area contributed by atoms with Gasteiger partial charge in [-0.15, -0.1) is 11.3 Å².